The highest BCUT2D eigenvalue weighted by Crippen LogP contribution is 2.22. The summed E-state index contributed by atoms with van der Waals surface area (Å²) >= 11 is 0. The van der Waals surface area contributed by atoms with Gasteiger partial charge in [-0.15, -0.1) is 0 Å². The van der Waals surface area contributed by atoms with Crippen LogP contribution in [0.15, 0.2) is 30.3 Å². The maximum atomic E-state index is 9.93. The van der Waals surface area contributed by atoms with Gasteiger partial charge in [-0.25, -0.2) is 0 Å². The molecule has 0 radical (unpaired) electrons. The molecule has 120 valence electrons. The normalized spacial score (nSPS) is 13.1. The lowest BCUT2D eigenvalue weighted by atomic mass is 9.87. The molecule has 1 rings (SSSR count). The van der Waals surface area contributed by atoms with Crippen LogP contribution in [0, 0.1) is 5.41 Å². The molecule has 0 bridgehead atoms. The van der Waals surface area contributed by atoms with Crippen LogP contribution in [-0.4, -0.2) is 30.9 Å². The van der Waals surface area contributed by atoms with E-state index in [1.54, 1.807) is 0 Å². The number of rotatable bonds is 11. The Morgan fingerprint density at radius 1 is 1.19 bits per heavy atom. The first-order valence-electron chi connectivity index (χ1n) is 8.10. The summed E-state index contributed by atoms with van der Waals surface area (Å²) in [4.78, 5) is 0. The highest BCUT2D eigenvalue weighted by Gasteiger charge is 2.17. The van der Waals surface area contributed by atoms with E-state index < -0.39 is 6.10 Å². The summed E-state index contributed by atoms with van der Waals surface area (Å²) in [6, 6.07) is 9.61. The lowest BCUT2D eigenvalue weighted by Gasteiger charge is -2.25. The third kappa shape index (κ3) is 8.74. The van der Waals surface area contributed by atoms with E-state index in [0.29, 0.717) is 13.2 Å². The minimum atomic E-state index is -0.475. The van der Waals surface area contributed by atoms with Crippen molar-refractivity contribution in [3.63, 3.8) is 0 Å². The second-order valence-corrected chi connectivity index (χ2v) is 6.53. The van der Waals surface area contributed by atoms with Crippen LogP contribution in [0.25, 0.3) is 0 Å². The molecule has 0 aromatic heterocycles. The van der Waals surface area contributed by atoms with Crippen LogP contribution in [0.4, 0.5) is 0 Å². The van der Waals surface area contributed by atoms with E-state index in [0.717, 1.165) is 12.3 Å². The number of hydrogen-bond donors (Lipinski definition) is 2. The minimum absolute atomic E-state index is 0.287. The van der Waals surface area contributed by atoms with Crippen molar-refractivity contribution in [3.8, 4) is 5.75 Å². The summed E-state index contributed by atoms with van der Waals surface area (Å²) in [6.45, 7) is 8.62. The van der Waals surface area contributed by atoms with Gasteiger partial charge in [0.15, 0.2) is 0 Å². The fourth-order valence-corrected chi connectivity index (χ4v) is 2.29. The summed E-state index contributed by atoms with van der Waals surface area (Å²) < 4.78 is 5.54. The van der Waals surface area contributed by atoms with Gasteiger partial charge in [-0.05, 0) is 24.0 Å². The Hall–Kier alpha value is -1.06. The highest BCUT2D eigenvalue weighted by atomic mass is 16.5. The largest absolute Gasteiger partial charge is 0.491 e. The first-order valence-corrected chi connectivity index (χ1v) is 8.10. The van der Waals surface area contributed by atoms with Gasteiger partial charge < -0.3 is 15.2 Å². The van der Waals surface area contributed by atoms with E-state index in [1.165, 1.54) is 25.7 Å². The van der Waals surface area contributed by atoms with Crippen LogP contribution in [0.2, 0.25) is 0 Å². The number of benzene rings is 1. The van der Waals surface area contributed by atoms with Gasteiger partial charge in [-0.2, -0.15) is 0 Å². The third-order valence-electron chi connectivity index (χ3n) is 3.63. The molecule has 0 aliphatic carbocycles. The Balaban J connectivity index is 2.13. The van der Waals surface area contributed by atoms with Crippen LogP contribution in [-0.2, 0) is 0 Å². The molecule has 3 nitrogen and oxygen atoms in total. The minimum Gasteiger partial charge on any atom is -0.491 e. The number of para-hydroxylation sites is 1. The van der Waals surface area contributed by atoms with Crippen molar-refractivity contribution >= 4 is 0 Å². The molecular weight excluding hydrogens is 262 g/mol. The topological polar surface area (TPSA) is 41.5 Å². The van der Waals surface area contributed by atoms with Gasteiger partial charge in [0.2, 0.25) is 0 Å². The van der Waals surface area contributed by atoms with Gasteiger partial charge in [0, 0.05) is 13.1 Å². The van der Waals surface area contributed by atoms with Crippen molar-refractivity contribution in [3.05, 3.63) is 30.3 Å². The SMILES string of the molecule is CCCCCC(C)(C)CNCC(O)COc1ccccc1. The fraction of sp³-hybridized carbons (Fsp3) is 0.667. The smallest absolute Gasteiger partial charge is 0.119 e. The van der Waals surface area contributed by atoms with Crippen molar-refractivity contribution in [2.45, 2.75) is 52.6 Å². The lowest BCUT2D eigenvalue weighted by molar-refractivity contribution is 0.103. The number of ether oxygens (including phenoxy) is 1. The van der Waals surface area contributed by atoms with E-state index in [4.69, 9.17) is 4.74 Å². The Labute approximate surface area is 129 Å². The Kier molecular flexibility index (Phi) is 8.40. The van der Waals surface area contributed by atoms with E-state index in [2.05, 4.69) is 26.1 Å². The van der Waals surface area contributed by atoms with Crippen molar-refractivity contribution in [1.82, 2.24) is 5.32 Å². The summed E-state index contributed by atoms with van der Waals surface area (Å²) in [5, 5.41) is 13.3. The van der Waals surface area contributed by atoms with E-state index in [-0.39, 0.29) is 5.41 Å². The fourth-order valence-electron chi connectivity index (χ4n) is 2.29. The van der Waals surface area contributed by atoms with E-state index >= 15 is 0 Å². The molecule has 0 aliphatic heterocycles. The average Bonchev–Trinajstić information content (AvgIpc) is 2.46. The molecule has 0 heterocycles. The molecule has 0 spiro atoms. The Morgan fingerprint density at radius 3 is 2.57 bits per heavy atom. The van der Waals surface area contributed by atoms with Crippen molar-refractivity contribution in [2.24, 2.45) is 5.41 Å². The zero-order valence-electron chi connectivity index (χ0n) is 13.8. The summed E-state index contributed by atoms with van der Waals surface area (Å²) in [5.74, 6) is 0.802. The van der Waals surface area contributed by atoms with Gasteiger partial charge >= 0.3 is 0 Å². The van der Waals surface area contributed by atoms with Crippen molar-refractivity contribution in [2.75, 3.05) is 19.7 Å². The first-order chi connectivity index (χ1) is 10.0. The van der Waals surface area contributed by atoms with Crippen LogP contribution >= 0.6 is 0 Å². The maximum absolute atomic E-state index is 9.93. The molecule has 1 atom stereocenters. The van der Waals surface area contributed by atoms with Crippen LogP contribution < -0.4 is 10.1 Å². The van der Waals surface area contributed by atoms with Gasteiger partial charge in [-0.1, -0.05) is 58.2 Å². The highest BCUT2D eigenvalue weighted by molar-refractivity contribution is 5.20. The molecule has 3 heteroatoms. The monoisotopic (exact) mass is 293 g/mol. The Morgan fingerprint density at radius 2 is 1.90 bits per heavy atom. The van der Waals surface area contributed by atoms with Gasteiger partial charge in [-0.3, -0.25) is 0 Å². The molecule has 1 aromatic carbocycles. The number of aliphatic hydroxyl groups excluding tert-OH is 1. The standard InChI is InChI=1S/C18H31NO2/c1-4-5-9-12-18(2,3)15-19-13-16(20)14-21-17-10-7-6-8-11-17/h6-8,10-11,16,19-20H,4-5,9,12-15H2,1-3H3. The second-order valence-electron chi connectivity index (χ2n) is 6.53. The summed E-state index contributed by atoms with van der Waals surface area (Å²) in [6.07, 6.45) is 4.60. The molecule has 0 fully saturated rings. The van der Waals surface area contributed by atoms with Crippen molar-refractivity contribution < 1.29 is 9.84 Å². The van der Waals surface area contributed by atoms with Crippen molar-refractivity contribution in [1.29, 1.82) is 0 Å². The number of nitrogens with one attached hydrogen (secondary N) is 1. The molecular formula is C18H31NO2. The molecule has 0 saturated heterocycles. The van der Waals surface area contributed by atoms with Gasteiger partial charge in [0.25, 0.3) is 0 Å². The first kappa shape index (κ1) is 18.0. The molecule has 0 amide bonds. The quantitative estimate of drug-likeness (QED) is 0.612. The van der Waals surface area contributed by atoms with Crippen LogP contribution in [0.1, 0.15) is 46.5 Å². The Bertz CT molecular complexity index is 365. The molecule has 0 saturated carbocycles. The van der Waals surface area contributed by atoms with Crippen LogP contribution in [0.5, 0.6) is 5.75 Å². The van der Waals surface area contributed by atoms with Crippen LogP contribution in [0.3, 0.4) is 0 Å². The number of aliphatic hydroxyl groups is 1. The molecule has 1 unspecified atom stereocenters. The predicted octanol–water partition coefficient (Wildman–Crippen LogP) is 3.62. The molecule has 21 heavy (non-hydrogen) atoms. The summed E-state index contributed by atoms with van der Waals surface area (Å²) in [7, 11) is 0. The molecule has 1 aromatic rings. The lowest BCUT2D eigenvalue weighted by Crippen LogP contribution is -2.37. The molecule has 2 N–H and O–H groups in total. The third-order valence-corrected chi connectivity index (χ3v) is 3.63. The molecule has 0 aliphatic rings. The maximum Gasteiger partial charge on any atom is 0.119 e. The predicted molar refractivity (Wildman–Crippen MR) is 88.7 cm³/mol. The average molecular weight is 293 g/mol. The van der Waals surface area contributed by atoms with E-state index in [1.807, 2.05) is 30.3 Å². The van der Waals surface area contributed by atoms with Gasteiger partial charge in [0.1, 0.15) is 18.5 Å². The summed E-state index contributed by atoms with van der Waals surface area (Å²) in [5.41, 5.74) is 0.287. The van der Waals surface area contributed by atoms with Gasteiger partial charge in [0.05, 0.1) is 0 Å². The zero-order chi connectivity index (χ0) is 15.6. The second kappa shape index (κ2) is 9.80. The number of hydrogen-bond acceptors (Lipinski definition) is 3. The zero-order valence-corrected chi connectivity index (χ0v) is 13.8. The van der Waals surface area contributed by atoms with E-state index in [9.17, 15) is 5.11 Å². The number of unbranched alkanes of at least 4 members (excludes halogenated alkanes) is 2.